The highest BCUT2D eigenvalue weighted by Crippen LogP contribution is 2.31. The Balaban J connectivity index is 3.07. The van der Waals surface area contributed by atoms with Crippen molar-refractivity contribution in [3.63, 3.8) is 0 Å². The Labute approximate surface area is 78.7 Å². The lowest BCUT2D eigenvalue weighted by molar-refractivity contribution is -0.137. The lowest BCUT2D eigenvalue weighted by Crippen LogP contribution is -2.08. The first-order valence-corrected chi connectivity index (χ1v) is 3.91. The lowest BCUT2D eigenvalue weighted by Gasteiger charge is -2.09. The van der Waals surface area contributed by atoms with Crippen LogP contribution in [-0.2, 0) is 6.18 Å². The van der Waals surface area contributed by atoms with Crippen LogP contribution in [0.2, 0.25) is 0 Å². The van der Waals surface area contributed by atoms with Gasteiger partial charge in [0.15, 0.2) is 0 Å². The van der Waals surface area contributed by atoms with E-state index in [2.05, 4.69) is 4.98 Å². The normalized spacial score (nSPS) is 11.4. The number of nitrogens with two attached hydrogens (primary N) is 1. The summed E-state index contributed by atoms with van der Waals surface area (Å²) in [7, 11) is 0. The smallest absolute Gasteiger partial charge is 0.416 e. The minimum atomic E-state index is -4.43. The van der Waals surface area contributed by atoms with E-state index in [9.17, 15) is 13.2 Å². The molecule has 78 valence electrons. The Kier molecular flexibility index (Phi) is 2.83. The quantitative estimate of drug-likeness (QED) is 0.805. The predicted octanol–water partition coefficient (Wildman–Crippen LogP) is 2.08. The number of ether oxygens (including phenoxy) is 1. The molecule has 0 aliphatic heterocycles. The zero-order valence-electron chi connectivity index (χ0n) is 7.43. The molecule has 0 atom stereocenters. The Morgan fingerprint density at radius 1 is 1.43 bits per heavy atom. The standard InChI is InChI=1S/C8H9F3N2O/c1-2-14-7-4-5(8(9,10)11)3-6(12)13-7/h3-4H,2H2,1H3,(H2,12,13). The van der Waals surface area contributed by atoms with Gasteiger partial charge in [-0.1, -0.05) is 0 Å². The van der Waals surface area contributed by atoms with Gasteiger partial charge in [0.25, 0.3) is 0 Å². The van der Waals surface area contributed by atoms with Gasteiger partial charge in [0.05, 0.1) is 12.2 Å². The van der Waals surface area contributed by atoms with Crippen molar-refractivity contribution in [3.05, 3.63) is 17.7 Å². The molecule has 0 saturated carbocycles. The summed E-state index contributed by atoms with van der Waals surface area (Å²) in [5.74, 6) is -0.317. The topological polar surface area (TPSA) is 48.1 Å². The highest BCUT2D eigenvalue weighted by atomic mass is 19.4. The van der Waals surface area contributed by atoms with Crippen LogP contribution in [0.1, 0.15) is 12.5 Å². The molecule has 0 bridgehead atoms. The van der Waals surface area contributed by atoms with Crippen LogP contribution in [0.5, 0.6) is 5.88 Å². The first-order valence-electron chi connectivity index (χ1n) is 3.91. The second kappa shape index (κ2) is 3.73. The van der Waals surface area contributed by atoms with Gasteiger partial charge in [-0.15, -0.1) is 0 Å². The molecule has 1 aromatic heterocycles. The maximum absolute atomic E-state index is 12.2. The van der Waals surface area contributed by atoms with Gasteiger partial charge < -0.3 is 10.5 Å². The highest BCUT2D eigenvalue weighted by Gasteiger charge is 2.31. The van der Waals surface area contributed by atoms with E-state index in [-0.39, 0.29) is 18.3 Å². The Bertz CT molecular complexity index is 325. The van der Waals surface area contributed by atoms with E-state index in [1.54, 1.807) is 6.92 Å². The van der Waals surface area contributed by atoms with Gasteiger partial charge >= 0.3 is 6.18 Å². The minimum absolute atomic E-state index is 0.111. The molecule has 3 nitrogen and oxygen atoms in total. The fourth-order valence-electron chi connectivity index (χ4n) is 0.911. The predicted molar refractivity (Wildman–Crippen MR) is 44.8 cm³/mol. The van der Waals surface area contributed by atoms with E-state index in [4.69, 9.17) is 10.5 Å². The molecule has 0 amide bonds. The van der Waals surface area contributed by atoms with Crippen molar-refractivity contribution in [2.24, 2.45) is 0 Å². The number of halogens is 3. The van der Waals surface area contributed by atoms with Crippen molar-refractivity contribution in [1.29, 1.82) is 0 Å². The zero-order valence-corrected chi connectivity index (χ0v) is 7.43. The number of nitrogens with zero attached hydrogens (tertiary/aromatic N) is 1. The number of alkyl halides is 3. The van der Waals surface area contributed by atoms with Crippen LogP contribution in [0.3, 0.4) is 0 Å². The van der Waals surface area contributed by atoms with Gasteiger partial charge in [-0.3, -0.25) is 0 Å². The SMILES string of the molecule is CCOc1cc(C(F)(F)F)cc(N)n1. The molecule has 1 rings (SSSR count). The average Bonchev–Trinajstić information content (AvgIpc) is 2.02. The van der Waals surface area contributed by atoms with Crippen molar-refractivity contribution >= 4 is 5.82 Å². The molecule has 0 aromatic carbocycles. The number of aromatic nitrogens is 1. The summed E-state index contributed by atoms with van der Waals surface area (Å²) in [6.45, 7) is 1.89. The van der Waals surface area contributed by atoms with E-state index in [0.29, 0.717) is 0 Å². The molecule has 2 N–H and O–H groups in total. The summed E-state index contributed by atoms with van der Waals surface area (Å²) in [5, 5.41) is 0. The molecule has 0 saturated heterocycles. The maximum Gasteiger partial charge on any atom is 0.416 e. The van der Waals surface area contributed by atoms with Crippen molar-refractivity contribution in [2.45, 2.75) is 13.1 Å². The molecule has 0 unspecified atom stereocenters. The Hall–Kier alpha value is -1.46. The molecule has 0 spiro atoms. The summed E-state index contributed by atoms with van der Waals surface area (Å²) < 4.78 is 41.6. The molecule has 6 heteroatoms. The number of hydrogen-bond donors (Lipinski definition) is 1. The summed E-state index contributed by atoms with van der Waals surface area (Å²) in [4.78, 5) is 3.59. The monoisotopic (exact) mass is 206 g/mol. The summed E-state index contributed by atoms with van der Waals surface area (Å²) in [6.07, 6.45) is -4.43. The fourth-order valence-corrected chi connectivity index (χ4v) is 0.911. The van der Waals surface area contributed by atoms with Gasteiger partial charge in [-0.2, -0.15) is 18.2 Å². The second-order valence-corrected chi connectivity index (χ2v) is 2.55. The first kappa shape index (κ1) is 10.6. The van der Waals surface area contributed by atoms with Crippen molar-refractivity contribution in [2.75, 3.05) is 12.3 Å². The van der Waals surface area contributed by atoms with E-state index in [0.717, 1.165) is 12.1 Å². The number of hydrogen-bond acceptors (Lipinski definition) is 3. The lowest BCUT2D eigenvalue weighted by atomic mass is 10.2. The van der Waals surface area contributed by atoms with E-state index in [1.165, 1.54) is 0 Å². The third kappa shape index (κ3) is 2.51. The molecular formula is C8H9F3N2O. The molecule has 0 radical (unpaired) electrons. The zero-order chi connectivity index (χ0) is 10.8. The minimum Gasteiger partial charge on any atom is -0.478 e. The molecule has 1 heterocycles. The van der Waals surface area contributed by atoms with Crippen LogP contribution in [0.4, 0.5) is 19.0 Å². The number of pyridine rings is 1. The summed E-state index contributed by atoms with van der Waals surface area (Å²) in [6, 6.07) is 1.59. The fraction of sp³-hybridized carbons (Fsp3) is 0.375. The van der Waals surface area contributed by atoms with E-state index < -0.39 is 11.7 Å². The summed E-state index contributed by atoms with van der Waals surface area (Å²) >= 11 is 0. The highest BCUT2D eigenvalue weighted by molar-refractivity contribution is 5.38. The molecule has 14 heavy (non-hydrogen) atoms. The number of anilines is 1. The van der Waals surface area contributed by atoms with Gasteiger partial charge in [-0.25, -0.2) is 0 Å². The first-order chi connectivity index (χ1) is 6.43. The van der Waals surface area contributed by atoms with Crippen LogP contribution in [0, 0.1) is 0 Å². The molecule has 0 fully saturated rings. The van der Waals surface area contributed by atoms with Crippen LogP contribution in [0.15, 0.2) is 12.1 Å². The Morgan fingerprint density at radius 3 is 2.57 bits per heavy atom. The van der Waals surface area contributed by atoms with Crippen molar-refractivity contribution < 1.29 is 17.9 Å². The molecule has 0 aliphatic rings. The summed E-state index contributed by atoms with van der Waals surface area (Å²) in [5.41, 5.74) is 4.34. The third-order valence-electron chi connectivity index (χ3n) is 1.44. The van der Waals surface area contributed by atoms with Gasteiger partial charge in [0.1, 0.15) is 5.82 Å². The van der Waals surface area contributed by atoms with Gasteiger partial charge in [0, 0.05) is 6.07 Å². The second-order valence-electron chi connectivity index (χ2n) is 2.55. The van der Waals surface area contributed by atoms with Crippen molar-refractivity contribution in [3.8, 4) is 5.88 Å². The molecular weight excluding hydrogens is 197 g/mol. The number of nitrogen functional groups attached to an aromatic ring is 1. The average molecular weight is 206 g/mol. The Morgan fingerprint density at radius 2 is 2.07 bits per heavy atom. The number of rotatable bonds is 2. The van der Waals surface area contributed by atoms with Gasteiger partial charge in [0.2, 0.25) is 5.88 Å². The van der Waals surface area contributed by atoms with Crippen LogP contribution in [-0.4, -0.2) is 11.6 Å². The van der Waals surface area contributed by atoms with E-state index >= 15 is 0 Å². The van der Waals surface area contributed by atoms with Crippen LogP contribution >= 0.6 is 0 Å². The third-order valence-corrected chi connectivity index (χ3v) is 1.44. The van der Waals surface area contributed by atoms with Gasteiger partial charge in [-0.05, 0) is 13.0 Å². The van der Waals surface area contributed by atoms with Crippen LogP contribution < -0.4 is 10.5 Å². The molecule has 1 aromatic rings. The van der Waals surface area contributed by atoms with Crippen LogP contribution in [0.25, 0.3) is 0 Å². The maximum atomic E-state index is 12.2. The van der Waals surface area contributed by atoms with Crippen molar-refractivity contribution in [1.82, 2.24) is 4.98 Å². The molecule has 0 aliphatic carbocycles. The largest absolute Gasteiger partial charge is 0.478 e. The van der Waals surface area contributed by atoms with E-state index in [1.807, 2.05) is 0 Å².